The van der Waals surface area contributed by atoms with Gasteiger partial charge in [0.15, 0.2) is 0 Å². The summed E-state index contributed by atoms with van der Waals surface area (Å²) in [5.74, 6) is 0.985. The molecule has 1 aromatic rings. The van der Waals surface area contributed by atoms with Crippen LogP contribution in [0.15, 0.2) is 24.4 Å². The SMILES string of the molecule is Fc1ccc(C2=CC3CNCC(C2)C3)cn1. The van der Waals surface area contributed by atoms with Crippen molar-refractivity contribution in [3.05, 3.63) is 35.9 Å². The zero-order valence-corrected chi connectivity index (χ0v) is 9.12. The van der Waals surface area contributed by atoms with E-state index in [0.29, 0.717) is 5.92 Å². The van der Waals surface area contributed by atoms with Gasteiger partial charge in [0.05, 0.1) is 0 Å². The minimum atomic E-state index is -0.401. The first kappa shape index (κ1) is 9.97. The molecule has 84 valence electrons. The highest BCUT2D eigenvalue weighted by atomic mass is 19.1. The Morgan fingerprint density at radius 1 is 1.31 bits per heavy atom. The quantitative estimate of drug-likeness (QED) is 0.731. The molecule has 2 aliphatic rings. The van der Waals surface area contributed by atoms with Gasteiger partial charge in [0.1, 0.15) is 0 Å². The third-order valence-corrected chi connectivity index (χ3v) is 3.52. The lowest BCUT2D eigenvalue weighted by Crippen LogP contribution is -2.37. The minimum Gasteiger partial charge on any atom is -0.316 e. The molecule has 0 radical (unpaired) electrons. The van der Waals surface area contributed by atoms with E-state index in [1.54, 1.807) is 6.20 Å². The number of fused-ring (bicyclic) bond motifs is 2. The predicted octanol–water partition coefficient (Wildman–Crippen LogP) is 2.23. The van der Waals surface area contributed by atoms with E-state index in [2.05, 4.69) is 16.4 Å². The number of piperidine rings is 1. The predicted molar refractivity (Wildman–Crippen MR) is 61.3 cm³/mol. The molecule has 0 aromatic carbocycles. The third-order valence-electron chi connectivity index (χ3n) is 3.52. The van der Waals surface area contributed by atoms with Crippen LogP contribution in [0, 0.1) is 17.8 Å². The van der Waals surface area contributed by atoms with Gasteiger partial charge >= 0.3 is 0 Å². The van der Waals surface area contributed by atoms with Crippen LogP contribution in [0.3, 0.4) is 0 Å². The van der Waals surface area contributed by atoms with Crippen molar-refractivity contribution in [2.45, 2.75) is 12.8 Å². The summed E-state index contributed by atoms with van der Waals surface area (Å²) in [5, 5.41) is 3.45. The summed E-state index contributed by atoms with van der Waals surface area (Å²) in [5.41, 5.74) is 2.42. The molecule has 0 amide bonds. The first-order valence-electron chi connectivity index (χ1n) is 5.84. The molecule has 1 N–H and O–H groups in total. The zero-order valence-electron chi connectivity index (χ0n) is 9.12. The molecule has 1 aromatic heterocycles. The molecule has 0 spiro atoms. The summed E-state index contributed by atoms with van der Waals surface area (Å²) in [7, 11) is 0. The van der Waals surface area contributed by atoms with E-state index in [9.17, 15) is 4.39 Å². The van der Waals surface area contributed by atoms with Crippen molar-refractivity contribution >= 4 is 5.57 Å². The number of rotatable bonds is 1. The van der Waals surface area contributed by atoms with Gasteiger partial charge in [0, 0.05) is 12.7 Å². The Hall–Kier alpha value is -1.22. The maximum atomic E-state index is 12.7. The first-order chi connectivity index (χ1) is 7.81. The van der Waals surface area contributed by atoms with Gasteiger partial charge in [0.25, 0.3) is 0 Å². The second-order valence-corrected chi connectivity index (χ2v) is 4.79. The van der Waals surface area contributed by atoms with Crippen LogP contribution in [0.2, 0.25) is 0 Å². The smallest absolute Gasteiger partial charge is 0.212 e. The lowest BCUT2D eigenvalue weighted by molar-refractivity contribution is 0.316. The number of hydrogen-bond acceptors (Lipinski definition) is 2. The standard InChI is InChI=1S/C13H15FN2/c14-13-2-1-11(8-16-13)12-4-9-3-10(5-12)7-15-6-9/h1-2,4,8-10,15H,3,5-7H2. The Morgan fingerprint density at radius 2 is 2.25 bits per heavy atom. The Morgan fingerprint density at radius 3 is 3.00 bits per heavy atom. The van der Waals surface area contributed by atoms with E-state index >= 15 is 0 Å². The second kappa shape index (κ2) is 3.98. The summed E-state index contributed by atoms with van der Waals surface area (Å²) < 4.78 is 12.7. The van der Waals surface area contributed by atoms with Crippen LogP contribution in [-0.2, 0) is 0 Å². The maximum absolute atomic E-state index is 12.7. The van der Waals surface area contributed by atoms with E-state index in [0.717, 1.165) is 31.0 Å². The van der Waals surface area contributed by atoms with E-state index < -0.39 is 5.95 Å². The monoisotopic (exact) mass is 218 g/mol. The van der Waals surface area contributed by atoms with Crippen LogP contribution in [0.1, 0.15) is 18.4 Å². The molecule has 2 bridgehead atoms. The molecule has 16 heavy (non-hydrogen) atoms. The van der Waals surface area contributed by atoms with Crippen LogP contribution in [-0.4, -0.2) is 18.1 Å². The van der Waals surface area contributed by atoms with Crippen LogP contribution in [0.4, 0.5) is 4.39 Å². The van der Waals surface area contributed by atoms with Gasteiger partial charge < -0.3 is 5.32 Å². The fourth-order valence-electron chi connectivity index (χ4n) is 2.79. The van der Waals surface area contributed by atoms with Crippen molar-refractivity contribution in [1.82, 2.24) is 10.3 Å². The van der Waals surface area contributed by atoms with E-state index in [-0.39, 0.29) is 0 Å². The van der Waals surface area contributed by atoms with Crippen molar-refractivity contribution in [1.29, 1.82) is 0 Å². The van der Waals surface area contributed by atoms with Crippen molar-refractivity contribution in [2.75, 3.05) is 13.1 Å². The molecule has 2 nitrogen and oxygen atoms in total. The highest BCUT2D eigenvalue weighted by Gasteiger charge is 2.26. The number of nitrogens with one attached hydrogen (secondary N) is 1. The average molecular weight is 218 g/mol. The molecule has 1 saturated heterocycles. The van der Waals surface area contributed by atoms with Gasteiger partial charge in [-0.25, -0.2) is 4.98 Å². The summed E-state index contributed by atoms with van der Waals surface area (Å²) in [4.78, 5) is 3.73. The first-order valence-corrected chi connectivity index (χ1v) is 5.84. The molecule has 2 atom stereocenters. The minimum absolute atomic E-state index is 0.401. The van der Waals surface area contributed by atoms with Crippen molar-refractivity contribution < 1.29 is 4.39 Å². The second-order valence-electron chi connectivity index (χ2n) is 4.79. The highest BCUT2D eigenvalue weighted by molar-refractivity contribution is 5.66. The molecule has 1 aliphatic heterocycles. The average Bonchev–Trinajstić information content (AvgIpc) is 2.29. The van der Waals surface area contributed by atoms with Gasteiger partial charge in [-0.05, 0) is 54.5 Å². The molecule has 2 unspecified atom stereocenters. The van der Waals surface area contributed by atoms with Crippen LogP contribution >= 0.6 is 0 Å². The summed E-state index contributed by atoms with van der Waals surface area (Å²) in [6.45, 7) is 2.19. The Labute approximate surface area is 94.6 Å². The molecule has 3 heteroatoms. The number of allylic oxidation sites excluding steroid dienone is 1. The summed E-state index contributed by atoms with van der Waals surface area (Å²) in [6.07, 6.45) is 6.37. The number of aromatic nitrogens is 1. The largest absolute Gasteiger partial charge is 0.316 e. The van der Waals surface area contributed by atoms with Gasteiger partial charge in [0.2, 0.25) is 5.95 Å². The molecular formula is C13H15FN2. The van der Waals surface area contributed by atoms with Crippen molar-refractivity contribution in [3.63, 3.8) is 0 Å². The van der Waals surface area contributed by atoms with Crippen molar-refractivity contribution in [3.8, 4) is 0 Å². The molecule has 1 aliphatic carbocycles. The highest BCUT2D eigenvalue weighted by Crippen LogP contribution is 2.35. The van der Waals surface area contributed by atoms with Crippen LogP contribution < -0.4 is 5.32 Å². The maximum Gasteiger partial charge on any atom is 0.212 e. The summed E-state index contributed by atoms with van der Waals surface area (Å²) in [6, 6.07) is 3.28. The molecule has 1 fully saturated rings. The lowest BCUT2D eigenvalue weighted by atomic mass is 9.78. The topological polar surface area (TPSA) is 24.9 Å². The number of hydrogen-bond donors (Lipinski definition) is 1. The van der Waals surface area contributed by atoms with Gasteiger partial charge in [-0.15, -0.1) is 0 Å². The molecule has 3 rings (SSSR count). The van der Waals surface area contributed by atoms with Crippen molar-refractivity contribution in [2.24, 2.45) is 11.8 Å². The van der Waals surface area contributed by atoms with Gasteiger partial charge in [-0.2, -0.15) is 4.39 Å². The summed E-state index contributed by atoms with van der Waals surface area (Å²) >= 11 is 0. The third kappa shape index (κ3) is 1.87. The van der Waals surface area contributed by atoms with E-state index in [4.69, 9.17) is 0 Å². The normalized spacial score (nSPS) is 28.7. The Balaban J connectivity index is 1.89. The van der Waals surface area contributed by atoms with E-state index in [1.165, 1.54) is 18.1 Å². The molecule has 0 saturated carbocycles. The van der Waals surface area contributed by atoms with Crippen LogP contribution in [0.25, 0.3) is 5.57 Å². The number of nitrogens with zero attached hydrogens (tertiary/aromatic N) is 1. The fourth-order valence-corrected chi connectivity index (χ4v) is 2.79. The van der Waals surface area contributed by atoms with Gasteiger partial charge in [-0.3, -0.25) is 0 Å². The number of pyridine rings is 1. The Bertz CT molecular complexity index is 410. The van der Waals surface area contributed by atoms with Crippen LogP contribution in [0.5, 0.6) is 0 Å². The zero-order chi connectivity index (χ0) is 11.0. The van der Waals surface area contributed by atoms with E-state index in [1.807, 2.05) is 6.07 Å². The molecule has 2 heterocycles. The molecular weight excluding hydrogens is 203 g/mol. The Kier molecular flexibility index (Phi) is 2.48. The van der Waals surface area contributed by atoms with Gasteiger partial charge in [-0.1, -0.05) is 6.08 Å². The lowest BCUT2D eigenvalue weighted by Gasteiger charge is -2.34. The fraction of sp³-hybridized carbons (Fsp3) is 0.462. The number of halogens is 1.